The molecule has 1 aromatic carbocycles. The Kier molecular flexibility index (Phi) is 7.98. The van der Waals surface area contributed by atoms with E-state index in [2.05, 4.69) is 10.2 Å². The van der Waals surface area contributed by atoms with Crippen LogP contribution in [-0.2, 0) is 4.74 Å². The van der Waals surface area contributed by atoms with Gasteiger partial charge in [-0.15, -0.1) is 0 Å². The first kappa shape index (κ1) is 20.9. The number of rotatable bonds is 9. The standard InChI is InChI=1S/C22H34N2O4/c1-26-14-11-23-22(25)20-8-7-19(27-2)15-21(20)28-18-9-12-24(13-10-18)16-17-5-3-4-6-17/h7-8,15,17-18H,3-6,9-14,16H2,1-2H3,(H,23,25). The van der Waals surface area contributed by atoms with Gasteiger partial charge in [-0.2, -0.15) is 0 Å². The molecule has 1 aliphatic carbocycles. The van der Waals surface area contributed by atoms with E-state index in [-0.39, 0.29) is 12.0 Å². The number of benzene rings is 1. The van der Waals surface area contributed by atoms with Gasteiger partial charge in [0.15, 0.2) is 0 Å². The molecule has 6 heteroatoms. The van der Waals surface area contributed by atoms with Crippen molar-refractivity contribution in [2.75, 3.05) is 47.0 Å². The predicted octanol–water partition coefficient (Wildman–Crippen LogP) is 3.10. The van der Waals surface area contributed by atoms with Crippen LogP contribution in [0.1, 0.15) is 48.9 Å². The molecular formula is C22H34N2O4. The van der Waals surface area contributed by atoms with Gasteiger partial charge < -0.3 is 24.4 Å². The third-order valence-corrected chi connectivity index (χ3v) is 5.84. The number of nitrogens with zero attached hydrogens (tertiary/aromatic N) is 1. The Balaban J connectivity index is 1.57. The highest BCUT2D eigenvalue weighted by Crippen LogP contribution is 2.29. The van der Waals surface area contributed by atoms with Crippen LogP contribution in [0.4, 0.5) is 0 Å². The van der Waals surface area contributed by atoms with Gasteiger partial charge >= 0.3 is 0 Å². The summed E-state index contributed by atoms with van der Waals surface area (Å²) in [4.78, 5) is 15.1. The lowest BCUT2D eigenvalue weighted by atomic mass is 10.0. The number of methoxy groups -OCH3 is 2. The van der Waals surface area contributed by atoms with Crippen molar-refractivity contribution >= 4 is 5.91 Å². The van der Waals surface area contributed by atoms with Crippen LogP contribution in [0.15, 0.2) is 18.2 Å². The van der Waals surface area contributed by atoms with E-state index in [1.54, 1.807) is 26.4 Å². The summed E-state index contributed by atoms with van der Waals surface area (Å²) in [5.41, 5.74) is 0.547. The first-order chi connectivity index (χ1) is 13.7. The Labute approximate surface area is 168 Å². The minimum atomic E-state index is -0.145. The zero-order valence-corrected chi connectivity index (χ0v) is 17.2. The largest absolute Gasteiger partial charge is 0.497 e. The van der Waals surface area contributed by atoms with Crippen LogP contribution in [0.25, 0.3) is 0 Å². The van der Waals surface area contributed by atoms with Crippen LogP contribution >= 0.6 is 0 Å². The van der Waals surface area contributed by atoms with Crippen LogP contribution in [-0.4, -0.2) is 63.9 Å². The fraction of sp³-hybridized carbons (Fsp3) is 0.682. The van der Waals surface area contributed by atoms with Gasteiger partial charge in [0.25, 0.3) is 5.91 Å². The van der Waals surface area contributed by atoms with E-state index >= 15 is 0 Å². The van der Waals surface area contributed by atoms with E-state index in [0.29, 0.717) is 30.2 Å². The fourth-order valence-corrected chi connectivity index (χ4v) is 4.22. The highest BCUT2D eigenvalue weighted by atomic mass is 16.5. The molecule has 1 heterocycles. The molecular weight excluding hydrogens is 356 g/mol. The lowest BCUT2D eigenvalue weighted by Gasteiger charge is -2.34. The normalized spacial score (nSPS) is 18.9. The molecule has 0 unspecified atom stereocenters. The van der Waals surface area contributed by atoms with E-state index in [1.807, 2.05) is 6.07 Å². The molecule has 3 rings (SSSR count). The maximum atomic E-state index is 12.5. The first-order valence-electron chi connectivity index (χ1n) is 10.5. The van der Waals surface area contributed by atoms with E-state index in [0.717, 1.165) is 31.8 Å². The first-order valence-corrected chi connectivity index (χ1v) is 10.5. The monoisotopic (exact) mass is 390 g/mol. The van der Waals surface area contributed by atoms with E-state index in [1.165, 1.54) is 32.2 Å². The van der Waals surface area contributed by atoms with Crippen molar-refractivity contribution in [2.24, 2.45) is 5.92 Å². The lowest BCUT2D eigenvalue weighted by Crippen LogP contribution is -2.40. The van der Waals surface area contributed by atoms with Crippen LogP contribution < -0.4 is 14.8 Å². The molecule has 0 atom stereocenters. The van der Waals surface area contributed by atoms with Gasteiger partial charge in [-0.05, 0) is 43.7 Å². The highest BCUT2D eigenvalue weighted by molar-refractivity contribution is 5.97. The molecule has 0 bridgehead atoms. The van der Waals surface area contributed by atoms with E-state index < -0.39 is 0 Å². The summed E-state index contributed by atoms with van der Waals surface area (Å²) in [5.74, 6) is 2.04. The van der Waals surface area contributed by atoms with Crippen LogP contribution in [0.2, 0.25) is 0 Å². The van der Waals surface area contributed by atoms with Gasteiger partial charge in [-0.25, -0.2) is 0 Å². The molecule has 0 radical (unpaired) electrons. The molecule has 1 saturated heterocycles. The summed E-state index contributed by atoms with van der Waals surface area (Å²) >= 11 is 0. The zero-order valence-electron chi connectivity index (χ0n) is 17.2. The average Bonchev–Trinajstić information content (AvgIpc) is 3.22. The lowest BCUT2D eigenvalue weighted by molar-refractivity contribution is 0.0859. The SMILES string of the molecule is COCCNC(=O)c1ccc(OC)cc1OC1CCN(CC2CCCC2)CC1. The Bertz CT molecular complexity index is 623. The van der Waals surface area contributed by atoms with Crippen LogP contribution in [0.3, 0.4) is 0 Å². The number of nitrogens with one attached hydrogen (secondary N) is 1. The molecule has 0 aromatic heterocycles. The minimum absolute atomic E-state index is 0.137. The molecule has 1 aliphatic heterocycles. The summed E-state index contributed by atoms with van der Waals surface area (Å²) in [6, 6.07) is 5.38. The van der Waals surface area contributed by atoms with Gasteiger partial charge in [0, 0.05) is 39.4 Å². The molecule has 156 valence electrons. The highest BCUT2D eigenvalue weighted by Gasteiger charge is 2.25. The van der Waals surface area contributed by atoms with Gasteiger partial charge in [0.05, 0.1) is 19.3 Å². The van der Waals surface area contributed by atoms with Gasteiger partial charge in [-0.3, -0.25) is 4.79 Å². The Morgan fingerprint density at radius 2 is 1.89 bits per heavy atom. The number of amides is 1. The Morgan fingerprint density at radius 3 is 2.57 bits per heavy atom. The van der Waals surface area contributed by atoms with Crippen molar-refractivity contribution in [1.29, 1.82) is 0 Å². The van der Waals surface area contributed by atoms with Crippen molar-refractivity contribution in [3.8, 4) is 11.5 Å². The van der Waals surface area contributed by atoms with Crippen molar-refractivity contribution in [3.05, 3.63) is 23.8 Å². The van der Waals surface area contributed by atoms with Crippen LogP contribution in [0, 0.1) is 5.92 Å². The molecule has 2 fully saturated rings. The summed E-state index contributed by atoms with van der Waals surface area (Å²) < 4.78 is 16.6. The maximum absolute atomic E-state index is 12.5. The molecule has 28 heavy (non-hydrogen) atoms. The number of hydrogen-bond acceptors (Lipinski definition) is 5. The number of carbonyl (C=O) groups is 1. The third-order valence-electron chi connectivity index (χ3n) is 5.84. The molecule has 1 saturated carbocycles. The zero-order chi connectivity index (χ0) is 19.8. The summed E-state index contributed by atoms with van der Waals surface area (Å²) in [6.45, 7) is 4.33. The molecule has 1 N–H and O–H groups in total. The fourth-order valence-electron chi connectivity index (χ4n) is 4.22. The quantitative estimate of drug-likeness (QED) is 0.657. The van der Waals surface area contributed by atoms with E-state index in [9.17, 15) is 4.79 Å². The number of hydrogen-bond donors (Lipinski definition) is 1. The number of carbonyl (C=O) groups excluding carboxylic acids is 1. The van der Waals surface area contributed by atoms with Crippen molar-refractivity contribution in [2.45, 2.75) is 44.6 Å². The molecule has 6 nitrogen and oxygen atoms in total. The number of ether oxygens (including phenoxy) is 3. The Morgan fingerprint density at radius 1 is 1.14 bits per heavy atom. The average molecular weight is 391 g/mol. The molecule has 0 spiro atoms. The van der Waals surface area contributed by atoms with Crippen molar-refractivity contribution in [1.82, 2.24) is 10.2 Å². The second-order valence-electron chi connectivity index (χ2n) is 7.88. The summed E-state index contributed by atoms with van der Waals surface area (Å²) in [5, 5.41) is 2.87. The molecule has 1 aromatic rings. The Hall–Kier alpha value is -1.79. The van der Waals surface area contributed by atoms with Crippen molar-refractivity contribution in [3.63, 3.8) is 0 Å². The predicted molar refractivity (Wildman–Crippen MR) is 109 cm³/mol. The van der Waals surface area contributed by atoms with Gasteiger partial charge in [0.1, 0.15) is 17.6 Å². The third kappa shape index (κ3) is 5.85. The minimum Gasteiger partial charge on any atom is -0.497 e. The number of piperidine rings is 1. The number of likely N-dealkylation sites (tertiary alicyclic amines) is 1. The van der Waals surface area contributed by atoms with Gasteiger partial charge in [-0.1, -0.05) is 12.8 Å². The molecule has 2 aliphatic rings. The summed E-state index contributed by atoms with van der Waals surface area (Å²) in [7, 11) is 3.24. The molecule has 1 amide bonds. The van der Waals surface area contributed by atoms with Gasteiger partial charge in [0.2, 0.25) is 0 Å². The summed E-state index contributed by atoms with van der Waals surface area (Å²) in [6.07, 6.45) is 7.70. The topological polar surface area (TPSA) is 60.0 Å². The van der Waals surface area contributed by atoms with Crippen LogP contribution in [0.5, 0.6) is 11.5 Å². The van der Waals surface area contributed by atoms with E-state index in [4.69, 9.17) is 14.2 Å². The van der Waals surface area contributed by atoms with Crippen molar-refractivity contribution < 1.29 is 19.0 Å². The second kappa shape index (κ2) is 10.7. The maximum Gasteiger partial charge on any atom is 0.255 e. The second-order valence-corrected chi connectivity index (χ2v) is 7.88. The smallest absolute Gasteiger partial charge is 0.255 e.